The summed E-state index contributed by atoms with van der Waals surface area (Å²) in [5.74, 6) is -1.60. The summed E-state index contributed by atoms with van der Waals surface area (Å²) in [5, 5.41) is 6.41. The van der Waals surface area contributed by atoms with Crippen molar-refractivity contribution in [2.24, 2.45) is 0 Å². The van der Waals surface area contributed by atoms with Crippen molar-refractivity contribution in [3.05, 3.63) is 65.5 Å². The third-order valence-electron chi connectivity index (χ3n) is 3.71. The first-order chi connectivity index (χ1) is 12.4. The smallest absolute Gasteiger partial charge is 0.413 e. The molecule has 8 heteroatoms. The van der Waals surface area contributed by atoms with Crippen LogP contribution in [0.4, 0.5) is 18.9 Å². The van der Waals surface area contributed by atoms with E-state index in [-0.39, 0.29) is 5.89 Å². The lowest BCUT2D eigenvalue weighted by atomic mass is 10.1. The zero-order chi connectivity index (χ0) is 18.7. The highest BCUT2D eigenvalue weighted by molar-refractivity contribution is 5.75. The molecule has 1 aromatic heterocycles. The lowest BCUT2D eigenvalue weighted by Crippen LogP contribution is -2.20. The van der Waals surface area contributed by atoms with Crippen LogP contribution in [-0.2, 0) is 17.5 Å². The van der Waals surface area contributed by atoms with Gasteiger partial charge in [0.25, 0.3) is 0 Å². The number of nitrogens with zero attached hydrogens (tertiary/aromatic N) is 3. The monoisotopic (exact) mass is 361 g/mol. The van der Waals surface area contributed by atoms with Crippen molar-refractivity contribution in [3.63, 3.8) is 0 Å². The Morgan fingerprint density at radius 2 is 1.69 bits per heavy atom. The number of anilines is 1. The summed E-state index contributed by atoms with van der Waals surface area (Å²) in [7, 11) is 0. The maximum Gasteiger partial charge on any atom is 0.470 e. The minimum atomic E-state index is -4.68. The second-order valence-corrected chi connectivity index (χ2v) is 5.68. The molecule has 0 aliphatic carbocycles. The van der Waals surface area contributed by atoms with Crippen molar-refractivity contribution in [1.82, 2.24) is 10.2 Å². The molecule has 0 unspecified atom stereocenters. The second-order valence-electron chi connectivity index (χ2n) is 5.68. The maximum absolute atomic E-state index is 12.5. The molecule has 3 aromatic rings. The molecule has 0 saturated carbocycles. The number of aryl methyl sites for hydroxylation is 1. The average molecular weight is 361 g/mol. The van der Waals surface area contributed by atoms with Crippen LogP contribution in [-0.4, -0.2) is 16.6 Å². The van der Waals surface area contributed by atoms with Gasteiger partial charge in [0.2, 0.25) is 12.3 Å². The van der Waals surface area contributed by atoms with Crippen molar-refractivity contribution in [2.45, 2.75) is 19.6 Å². The van der Waals surface area contributed by atoms with Gasteiger partial charge in [-0.1, -0.05) is 29.8 Å². The van der Waals surface area contributed by atoms with E-state index in [0.29, 0.717) is 12.1 Å². The van der Waals surface area contributed by atoms with Crippen LogP contribution < -0.4 is 4.90 Å². The number of hydrogen-bond donors (Lipinski definition) is 0. The highest BCUT2D eigenvalue weighted by Gasteiger charge is 2.38. The van der Waals surface area contributed by atoms with Gasteiger partial charge < -0.3 is 9.32 Å². The molecule has 134 valence electrons. The third-order valence-corrected chi connectivity index (χ3v) is 3.71. The summed E-state index contributed by atoms with van der Waals surface area (Å²) < 4.78 is 42.2. The first kappa shape index (κ1) is 17.7. The minimum Gasteiger partial charge on any atom is -0.413 e. The van der Waals surface area contributed by atoms with E-state index >= 15 is 0 Å². The third kappa shape index (κ3) is 3.90. The summed E-state index contributed by atoms with van der Waals surface area (Å²) in [6.45, 7) is 2.28. The van der Waals surface area contributed by atoms with E-state index in [1.54, 1.807) is 24.3 Å². The Morgan fingerprint density at radius 1 is 1.04 bits per heavy atom. The van der Waals surface area contributed by atoms with Gasteiger partial charge in [0.05, 0.1) is 6.54 Å². The standard InChI is InChI=1S/C18H14F3N3O2/c1-12-2-8-15(9-3-12)24(11-25)10-13-4-6-14(7-5-13)16-22-23-17(26-16)18(19,20)21/h2-9,11H,10H2,1H3. The highest BCUT2D eigenvalue weighted by atomic mass is 19.4. The molecule has 0 atom stereocenters. The van der Waals surface area contributed by atoms with Crippen LogP contribution in [0.3, 0.4) is 0 Å². The molecular formula is C18H14F3N3O2. The van der Waals surface area contributed by atoms with Crippen molar-refractivity contribution in [2.75, 3.05) is 4.90 Å². The molecule has 0 radical (unpaired) electrons. The Balaban J connectivity index is 1.75. The number of carbonyl (C=O) groups is 1. The molecule has 0 fully saturated rings. The van der Waals surface area contributed by atoms with Crippen LogP contribution >= 0.6 is 0 Å². The summed E-state index contributed by atoms with van der Waals surface area (Å²) in [5.41, 5.74) is 3.00. The van der Waals surface area contributed by atoms with E-state index in [9.17, 15) is 18.0 Å². The molecule has 1 amide bonds. The van der Waals surface area contributed by atoms with E-state index in [1.807, 2.05) is 31.2 Å². The zero-order valence-electron chi connectivity index (χ0n) is 13.7. The van der Waals surface area contributed by atoms with Gasteiger partial charge in [0.15, 0.2) is 0 Å². The van der Waals surface area contributed by atoms with Crippen molar-refractivity contribution < 1.29 is 22.4 Å². The molecular weight excluding hydrogens is 347 g/mol. The van der Waals surface area contributed by atoms with Gasteiger partial charge in [0.1, 0.15) is 0 Å². The van der Waals surface area contributed by atoms with Crippen LogP contribution in [0, 0.1) is 6.92 Å². The number of hydrogen-bond acceptors (Lipinski definition) is 4. The number of rotatable bonds is 5. The molecule has 3 rings (SSSR count). The fourth-order valence-corrected chi connectivity index (χ4v) is 2.33. The molecule has 0 N–H and O–H groups in total. The number of halogens is 3. The molecule has 2 aromatic carbocycles. The van der Waals surface area contributed by atoms with Gasteiger partial charge in [-0.05, 0) is 36.8 Å². The van der Waals surface area contributed by atoms with Crippen LogP contribution in [0.25, 0.3) is 11.5 Å². The van der Waals surface area contributed by atoms with Gasteiger partial charge in [-0.25, -0.2) is 0 Å². The molecule has 1 heterocycles. The summed E-state index contributed by atoms with van der Waals surface area (Å²) in [4.78, 5) is 12.9. The maximum atomic E-state index is 12.5. The molecule has 5 nitrogen and oxygen atoms in total. The Bertz CT molecular complexity index is 887. The first-order valence-corrected chi connectivity index (χ1v) is 7.65. The Morgan fingerprint density at radius 3 is 2.23 bits per heavy atom. The van der Waals surface area contributed by atoms with E-state index < -0.39 is 12.1 Å². The predicted octanol–water partition coefficient (Wildman–Crippen LogP) is 4.23. The van der Waals surface area contributed by atoms with Crippen LogP contribution in [0.1, 0.15) is 17.0 Å². The highest BCUT2D eigenvalue weighted by Crippen LogP contribution is 2.30. The van der Waals surface area contributed by atoms with Crippen LogP contribution in [0.15, 0.2) is 52.9 Å². The number of benzene rings is 2. The molecule has 0 saturated heterocycles. The van der Waals surface area contributed by atoms with Crippen LogP contribution in [0.2, 0.25) is 0 Å². The van der Waals surface area contributed by atoms with E-state index in [0.717, 1.165) is 23.2 Å². The average Bonchev–Trinajstić information content (AvgIpc) is 3.12. The molecule has 26 heavy (non-hydrogen) atoms. The van der Waals surface area contributed by atoms with E-state index in [1.165, 1.54) is 4.90 Å². The lowest BCUT2D eigenvalue weighted by Gasteiger charge is -2.17. The molecule has 0 spiro atoms. The SMILES string of the molecule is Cc1ccc(N(C=O)Cc2ccc(-c3nnc(C(F)(F)F)o3)cc2)cc1. The first-order valence-electron chi connectivity index (χ1n) is 7.65. The van der Waals surface area contributed by atoms with Gasteiger partial charge >= 0.3 is 12.1 Å². The molecule has 0 aliphatic rings. The Kier molecular flexibility index (Phi) is 4.75. The number of aromatic nitrogens is 2. The normalized spacial score (nSPS) is 11.4. The zero-order valence-corrected chi connectivity index (χ0v) is 13.7. The lowest BCUT2D eigenvalue weighted by molar-refractivity contribution is -0.156. The number of amides is 1. The predicted molar refractivity (Wildman–Crippen MR) is 88.2 cm³/mol. The summed E-state index contributed by atoms with van der Waals surface area (Å²) >= 11 is 0. The van der Waals surface area contributed by atoms with E-state index in [2.05, 4.69) is 14.6 Å². The number of alkyl halides is 3. The van der Waals surface area contributed by atoms with E-state index in [4.69, 9.17) is 0 Å². The van der Waals surface area contributed by atoms with Gasteiger partial charge in [-0.2, -0.15) is 13.2 Å². The van der Waals surface area contributed by atoms with Crippen molar-refractivity contribution in [1.29, 1.82) is 0 Å². The fourth-order valence-electron chi connectivity index (χ4n) is 2.33. The van der Waals surface area contributed by atoms with Crippen LogP contribution in [0.5, 0.6) is 0 Å². The fraction of sp³-hybridized carbons (Fsp3) is 0.167. The van der Waals surface area contributed by atoms with Gasteiger partial charge in [-0.15, -0.1) is 10.2 Å². The summed E-state index contributed by atoms with van der Waals surface area (Å²) in [6.07, 6.45) is -3.95. The van der Waals surface area contributed by atoms with Crippen molar-refractivity contribution in [3.8, 4) is 11.5 Å². The van der Waals surface area contributed by atoms with Gasteiger partial charge in [-0.3, -0.25) is 4.79 Å². The topological polar surface area (TPSA) is 59.2 Å². The quantitative estimate of drug-likeness (QED) is 0.638. The summed E-state index contributed by atoms with van der Waals surface area (Å²) in [6, 6.07) is 14.0. The minimum absolute atomic E-state index is 0.213. The van der Waals surface area contributed by atoms with Gasteiger partial charge in [0, 0.05) is 11.3 Å². The number of carbonyl (C=O) groups excluding carboxylic acids is 1. The Labute approximate surface area is 147 Å². The van der Waals surface area contributed by atoms with Crippen molar-refractivity contribution >= 4 is 12.1 Å². The second kappa shape index (κ2) is 6.99. The Hall–Kier alpha value is -3.16. The molecule has 0 aliphatic heterocycles. The molecule has 0 bridgehead atoms. The largest absolute Gasteiger partial charge is 0.470 e.